The summed E-state index contributed by atoms with van der Waals surface area (Å²) in [5.41, 5.74) is 3.14. The highest BCUT2D eigenvalue weighted by Gasteiger charge is 2.20. The van der Waals surface area contributed by atoms with Crippen LogP contribution < -0.4 is 9.64 Å². The Morgan fingerprint density at radius 1 is 1.04 bits per heavy atom. The third-order valence-electron chi connectivity index (χ3n) is 4.74. The van der Waals surface area contributed by atoms with Crippen LogP contribution in [0.15, 0.2) is 42.5 Å². The number of rotatable bonds is 4. The van der Waals surface area contributed by atoms with Crippen molar-refractivity contribution in [1.29, 1.82) is 0 Å². The third-order valence-corrected chi connectivity index (χ3v) is 4.74. The van der Waals surface area contributed by atoms with Crippen LogP contribution in [0.2, 0.25) is 0 Å². The average Bonchev–Trinajstić information content (AvgIpc) is 2.89. The van der Waals surface area contributed by atoms with E-state index < -0.39 is 0 Å². The number of anilines is 1. The summed E-state index contributed by atoms with van der Waals surface area (Å²) in [6.07, 6.45) is 0.882. The highest BCUT2D eigenvalue weighted by atomic mass is 19.1. The highest BCUT2D eigenvalue weighted by molar-refractivity contribution is 5.78. The van der Waals surface area contributed by atoms with Crippen LogP contribution in [0.5, 0.6) is 5.75 Å². The first-order chi connectivity index (χ1) is 12.5. The number of carbonyl (C=O) groups is 1. The van der Waals surface area contributed by atoms with E-state index in [0.717, 1.165) is 42.1 Å². The van der Waals surface area contributed by atoms with E-state index in [9.17, 15) is 9.18 Å². The second-order valence-electron chi connectivity index (χ2n) is 6.76. The predicted molar refractivity (Wildman–Crippen MR) is 101 cm³/mol. The van der Waals surface area contributed by atoms with Gasteiger partial charge in [0.25, 0.3) is 5.91 Å². The Morgan fingerprint density at radius 2 is 1.81 bits per heavy atom. The van der Waals surface area contributed by atoms with Gasteiger partial charge in [-0.15, -0.1) is 0 Å². The first-order valence-electron chi connectivity index (χ1n) is 9.01. The lowest BCUT2D eigenvalue weighted by Crippen LogP contribution is -2.38. The van der Waals surface area contributed by atoms with Gasteiger partial charge in [0.1, 0.15) is 11.6 Å². The zero-order valence-electron chi connectivity index (χ0n) is 15.4. The van der Waals surface area contributed by atoms with Crippen LogP contribution in [0.25, 0.3) is 0 Å². The monoisotopic (exact) mass is 356 g/mol. The van der Waals surface area contributed by atoms with Crippen molar-refractivity contribution in [2.75, 3.05) is 37.7 Å². The van der Waals surface area contributed by atoms with Gasteiger partial charge in [0, 0.05) is 31.9 Å². The highest BCUT2D eigenvalue weighted by Crippen LogP contribution is 2.20. The van der Waals surface area contributed by atoms with Crippen LogP contribution in [0.1, 0.15) is 17.5 Å². The molecule has 26 heavy (non-hydrogen) atoms. The van der Waals surface area contributed by atoms with Crippen LogP contribution in [0, 0.1) is 19.7 Å². The summed E-state index contributed by atoms with van der Waals surface area (Å²) in [7, 11) is 0. The van der Waals surface area contributed by atoms with Gasteiger partial charge in [0.2, 0.25) is 0 Å². The normalized spacial score (nSPS) is 14.9. The van der Waals surface area contributed by atoms with E-state index in [-0.39, 0.29) is 18.3 Å². The number of aryl methyl sites for hydroxylation is 2. The summed E-state index contributed by atoms with van der Waals surface area (Å²) in [6, 6.07) is 12.5. The lowest BCUT2D eigenvalue weighted by molar-refractivity contribution is -0.133. The minimum Gasteiger partial charge on any atom is -0.483 e. The number of benzene rings is 2. The molecule has 0 bridgehead atoms. The maximum atomic E-state index is 13.1. The fraction of sp³-hybridized carbons (Fsp3) is 0.381. The van der Waals surface area contributed by atoms with Gasteiger partial charge in [-0.05, 0) is 61.7 Å². The number of carbonyl (C=O) groups excluding carboxylic acids is 1. The van der Waals surface area contributed by atoms with Crippen LogP contribution in [0.4, 0.5) is 10.1 Å². The summed E-state index contributed by atoms with van der Waals surface area (Å²) in [5.74, 6) is 0.539. The lowest BCUT2D eigenvalue weighted by Gasteiger charge is -2.24. The summed E-state index contributed by atoms with van der Waals surface area (Å²) < 4.78 is 18.8. The first kappa shape index (κ1) is 18.2. The molecule has 0 atom stereocenters. The van der Waals surface area contributed by atoms with E-state index >= 15 is 0 Å². The summed E-state index contributed by atoms with van der Waals surface area (Å²) >= 11 is 0. The zero-order chi connectivity index (χ0) is 18.5. The van der Waals surface area contributed by atoms with E-state index in [1.54, 1.807) is 12.1 Å². The van der Waals surface area contributed by atoms with Crippen molar-refractivity contribution in [1.82, 2.24) is 4.90 Å². The molecular weight excluding hydrogens is 331 g/mol. The number of ether oxygens (including phenoxy) is 1. The first-order valence-corrected chi connectivity index (χ1v) is 9.01. The number of halogens is 1. The zero-order valence-corrected chi connectivity index (χ0v) is 15.4. The molecule has 1 amide bonds. The molecule has 5 heteroatoms. The van der Waals surface area contributed by atoms with Crippen molar-refractivity contribution in [3.8, 4) is 5.75 Å². The Bertz CT molecular complexity index is 761. The molecule has 0 radical (unpaired) electrons. The van der Waals surface area contributed by atoms with Gasteiger partial charge < -0.3 is 14.5 Å². The van der Waals surface area contributed by atoms with Gasteiger partial charge in [0.15, 0.2) is 6.61 Å². The fourth-order valence-corrected chi connectivity index (χ4v) is 3.17. The maximum Gasteiger partial charge on any atom is 0.260 e. The maximum absolute atomic E-state index is 13.1. The molecule has 0 saturated carbocycles. The van der Waals surface area contributed by atoms with Crippen LogP contribution >= 0.6 is 0 Å². The SMILES string of the molecule is Cc1ccc(C)c(OCC(=O)N2CCCN(c3ccc(F)cc3)CC2)c1. The van der Waals surface area contributed by atoms with Gasteiger partial charge in [-0.25, -0.2) is 4.39 Å². The van der Waals surface area contributed by atoms with Crippen molar-refractivity contribution in [3.05, 3.63) is 59.4 Å². The van der Waals surface area contributed by atoms with Gasteiger partial charge in [0.05, 0.1) is 0 Å². The van der Waals surface area contributed by atoms with Crippen LogP contribution in [0.3, 0.4) is 0 Å². The van der Waals surface area contributed by atoms with Gasteiger partial charge in [-0.2, -0.15) is 0 Å². The number of amides is 1. The van der Waals surface area contributed by atoms with E-state index in [2.05, 4.69) is 4.90 Å². The Labute approximate surface area is 154 Å². The minimum absolute atomic E-state index is 0.00635. The summed E-state index contributed by atoms with van der Waals surface area (Å²) in [6.45, 7) is 6.99. The second-order valence-corrected chi connectivity index (χ2v) is 6.76. The molecule has 1 fully saturated rings. The molecule has 1 aliphatic rings. The number of hydrogen-bond acceptors (Lipinski definition) is 3. The third kappa shape index (κ3) is 4.54. The Kier molecular flexibility index (Phi) is 5.76. The van der Waals surface area contributed by atoms with Gasteiger partial charge >= 0.3 is 0 Å². The molecule has 0 spiro atoms. The molecule has 0 aromatic heterocycles. The van der Waals surface area contributed by atoms with Crippen molar-refractivity contribution in [2.45, 2.75) is 20.3 Å². The average molecular weight is 356 g/mol. The molecule has 1 heterocycles. The second kappa shape index (κ2) is 8.21. The molecule has 3 rings (SSSR count). The molecule has 1 saturated heterocycles. The Hall–Kier alpha value is -2.56. The molecule has 0 N–H and O–H groups in total. The predicted octanol–water partition coefficient (Wildman–Crippen LogP) is 3.56. The smallest absolute Gasteiger partial charge is 0.260 e. The Balaban J connectivity index is 1.55. The molecule has 2 aromatic carbocycles. The van der Waals surface area contributed by atoms with Crippen LogP contribution in [-0.4, -0.2) is 43.6 Å². The molecular formula is C21H25FN2O2. The fourth-order valence-electron chi connectivity index (χ4n) is 3.17. The van der Waals surface area contributed by atoms with Crippen molar-refractivity contribution in [3.63, 3.8) is 0 Å². The number of nitrogens with zero attached hydrogens (tertiary/aromatic N) is 2. The molecule has 4 nitrogen and oxygen atoms in total. The van der Waals surface area contributed by atoms with Gasteiger partial charge in [-0.3, -0.25) is 4.79 Å². The van der Waals surface area contributed by atoms with E-state index in [1.165, 1.54) is 12.1 Å². The quantitative estimate of drug-likeness (QED) is 0.840. The molecule has 0 unspecified atom stereocenters. The Morgan fingerprint density at radius 3 is 2.58 bits per heavy atom. The van der Waals surface area contributed by atoms with Crippen molar-refractivity contribution >= 4 is 11.6 Å². The molecule has 0 aliphatic carbocycles. The van der Waals surface area contributed by atoms with Crippen molar-refractivity contribution < 1.29 is 13.9 Å². The van der Waals surface area contributed by atoms with E-state index in [1.807, 2.05) is 36.9 Å². The van der Waals surface area contributed by atoms with E-state index in [0.29, 0.717) is 13.1 Å². The lowest BCUT2D eigenvalue weighted by atomic mass is 10.1. The number of hydrogen-bond donors (Lipinski definition) is 0. The van der Waals surface area contributed by atoms with E-state index in [4.69, 9.17) is 4.74 Å². The largest absolute Gasteiger partial charge is 0.483 e. The van der Waals surface area contributed by atoms with Crippen molar-refractivity contribution in [2.24, 2.45) is 0 Å². The molecule has 1 aliphatic heterocycles. The molecule has 2 aromatic rings. The van der Waals surface area contributed by atoms with Gasteiger partial charge in [-0.1, -0.05) is 12.1 Å². The summed E-state index contributed by atoms with van der Waals surface area (Å²) in [5, 5.41) is 0. The molecule has 138 valence electrons. The topological polar surface area (TPSA) is 32.8 Å². The van der Waals surface area contributed by atoms with Crippen LogP contribution in [-0.2, 0) is 4.79 Å². The standard InChI is InChI=1S/C21H25FN2O2/c1-16-4-5-17(2)20(14-16)26-15-21(25)24-11-3-10-23(12-13-24)19-8-6-18(22)7-9-19/h4-9,14H,3,10-13,15H2,1-2H3. The minimum atomic E-state index is -0.232. The summed E-state index contributed by atoms with van der Waals surface area (Å²) in [4.78, 5) is 16.6.